The van der Waals surface area contributed by atoms with Gasteiger partial charge in [-0.15, -0.1) is 0 Å². The van der Waals surface area contributed by atoms with Crippen molar-refractivity contribution in [2.24, 2.45) is 11.8 Å². The van der Waals surface area contributed by atoms with Gasteiger partial charge in [0.1, 0.15) is 5.69 Å². The maximum atomic E-state index is 12.9. The van der Waals surface area contributed by atoms with E-state index >= 15 is 0 Å². The SMILES string of the molecule is COc1c[nH]c(C(=O)N2CCC(=O)N(CC3CC3)C(C(C)C)C2)cc1=O. The molecule has 1 aliphatic carbocycles. The molecule has 1 saturated carbocycles. The molecule has 2 aliphatic rings. The molecule has 0 bridgehead atoms. The van der Waals surface area contributed by atoms with Gasteiger partial charge in [0.2, 0.25) is 11.3 Å². The van der Waals surface area contributed by atoms with E-state index in [1.807, 2.05) is 4.90 Å². The first-order chi connectivity index (χ1) is 12.4. The molecule has 1 aliphatic heterocycles. The molecule has 1 atom stereocenters. The molecule has 7 nitrogen and oxygen atoms in total. The number of carbonyl (C=O) groups is 2. The Morgan fingerprint density at radius 2 is 2.08 bits per heavy atom. The summed E-state index contributed by atoms with van der Waals surface area (Å²) in [5.74, 6) is 0.898. The Bertz CT molecular complexity index is 739. The van der Waals surface area contributed by atoms with Gasteiger partial charge in [0.05, 0.1) is 13.2 Å². The van der Waals surface area contributed by atoms with Crippen LogP contribution in [0.25, 0.3) is 0 Å². The van der Waals surface area contributed by atoms with Crippen LogP contribution in [0.2, 0.25) is 0 Å². The first-order valence-electron chi connectivity index (χ1n) is 9.26. The van der Waals surface area contributed by atoms with Crippen LogP contribution in [0.3, 0.4) is 0 Å². The molecule has 1 aromatic heterocycles. The molecule has 1 saturated heterocycles. The minimum atomic E-state index is -0.337. The van der Waals surface area contributed by atoms with Gasteiger partial charge in [-0.05, 0) is 24.7 Å². The van der Waals surface area contributed by atoms with E-state index in [4.69, 9.17) is 4.74 Å². The third-order valence-electron chi connectivity index (χ3n) is 5.26. The number of nitrogens with zero attached hydrogens (tertiary/aromatic N) is 2. The number of pyridine rings is 1. The fraction of sp³-hybridized carbons (Fsp3) is 0.632. The van der Waals surface area contributed by atoms with Crippen molar-refractivity contribution in [1.82, 2.24) is 14.8 Å². The smallest absolute Gasteiger partial charge is 0.270 e. The second-order valence-corrected chi connectivity index (χ2v) is 7.58. The van der Waals surface area contributed by atoms with Crippen molar-refractivity contribution in [3.8, 4) is 5.75 Å². The van der Waals surface area contributed by atoms with Crippen molar-refractivity contribution in [2.75, 3.05) is 26.7 Å². The molecule has 2 amide bonds. The van der Waals surface area contributed by atoms with E-state index in [-0.39, 0.29) is 40.6 Å². The summed E-state index contributed by atoms with van der Waals surface area (Å²) in [5, 5.41) is 0. The monoisotopic (exact) mass is 361 g/mol. The summed E-state index contributed by atoms with van der Waals surface area (Å²) in [6, 6.07) is 1.26. The fourth-order valence-electron chi connectivity index (χ4n) is 3.46. The summed E-state index contributed by atoms with van der Waals surface area (Å²) in [4.78, 5) is 44.0. The fourth-order valence-corrected chi connectivity index (χ4v) is 3.46. The van der Waals surface area contributed by atoms with E-state index in [1.54, 1.807) is 4.90 Å². The summed E-state index contributed by atoms with van der Waals surface area (Å²) in [6.45, 7) is 5.82. The highest BCUT2D eigenvalue weighted by atomic mass is 16.5. The van der Waals surface area contributed by atoms with Crippen LogP contribution in [0.1, 0.15) is 43.6 Å². The van der Waals surface area contributed by atoms with Crippen molar-refractivity contribution >= 4 is 11.8 Å². The van der Waals surface area contributed by atoms with E-state index in [0.717, 1.165) is 6.54 Å². The van der Waals surface area contributed by atoms with Crippen LogP contribution in [-0.4, -0.2) is 59.4 Å². The zero-order valence-corrected chi connectivity index (χ0v) is 15.7. The lowest BCUT2D eigenvalue weighted by Crippen LogP contribution is -2.48. The van der Waals surface area contributed by atoms with Gasteiger partial charge in [-0.1, -0.05) is 13.8 Å². The Balaban J connectivity index is 1.81. The van der Waals surface area contributed by atoms with Gasteiger partial charge < -0.3 is 19.5 Å². The van der Waals surface area contributed by atoms with Gasteiger partial charge in [-0.25, -0.2) is 0 Å². The minimum Gasteiger partial charge on any atom is -0.491 e. The molecule has 0 aromatic carbocycles. The van der Waals surface area contributed by atoms with E-state index in [0.29, 0.717) is 25.4 Å². The van der Waals surface area contributed by atoms with Crippen molar-refractivity contribution in [3.63, 3.8) is 0 Å². The Kier molecular flexibility index (Phi) is 5.34. The standard InChI is InChI=1S/C19H27N3O4/c1-12(2)15-11-21(7-6-18(24)22(15)10-13-4-5-13)19(25)14-8-16(23)17(26-3)9-20-14/h8-9,12-13,15H,4-7,10-11H2,1-3H3,(H,20,23). The van der Waals surface area contributed by atoms with Crippen LogP contribution in [-0.2, 0) is 4.79 Å². The van der Waals surface area contributed by atoms with Crippen LogP contribution < -0.4 is 10.2 Å². The average molecular weight is 361 g/mol. The van der Waals surface area contributed by atoms with Gasteiger partial charge in [0, 0.05) is 38.3 Å². The number of ether oxygens (including phenoxy) is 1. The number of H-pyrrole nitrogens is 1. The van der Waals surface area contributed by atoms with Crippen molar-refractivity contribution < 1.29 is 14.3 Å². The zero-order chi connectivity index (χ0) is 18.8. The first-order valence-corrected chi connectivity index (χ1v) is 9.26. The number of carbonyl (C=O) groups excluding carboxylic acids is 2. The van der Waals surface area contributed by atoms with Crippen LogP contribution in [0.5, 0.6) is 5.75 Å². The molecule has 0 radical (unpaired) electrons. The summed E-state index contributed by atoms with van der Waals surface area (Å²) in [5.41, 5.74) is -0.113. The molecule has 0 spiro atoms. The number of aromatic nitrogens is 1. The lowest BCUT2D eigenvalue weighted by molar-refractivity contribution is -0.133. The number of hydrogen-bond acceptors (Lipinski definition) is 4. The molecular formula is C19H27N3O4. The van der Waals surface area contributed by atoms with Gasteiger partial charge in [0.25, 0.3) is 5.91 Å². The van der Waals surface area contributed by atoms with Crippen LogP contribution in [0.15, 0.2) is 17.1 Å². The van der Waals surface area contributed by atoms with E-state index in [1.165, 1.54) is 32.2 Å². The lowest BCUT2D eigenvalue weighted by atomic mass is 10.0. The van der Waals surface area contributed by atoms with E-state index in [9.17, 15) is 14.4 Å². The second kappa shape index (κ2) is 7.51. The molecule has 142 valence electrons. The molecule has 7 heteroatoms. The van der Waals surface area contributed by atoms with E-state index < -0.39 is 0 Å². The normalized spacial score (nSPS) is 21.1. The average Bonchev–Trinajstić information content (AvgIpc) is 3.44. The molecule has 1 unspecified atom stereocenters. The van der Waals surface area contributed by atoms with Crippen LogP contribution in [0.4, 0.5) is 0 Å². The topological polar surface area (TPSA) is 82.7 Å². The number of nitrogens with one attached hydrogen (secondary N) is 1. The van der Waals surface area contributed by atoms with Gasteiger partial charge in [-0.2, -0.15) is 0 Å². The van der Waals surface area contributed by atoms with Crippen molar-refractivity contribution in [1.29, 1.82) is 0 Å². The Morgan fingerprint density at radius 3 is 2.65 bits per heavy atom. The number of aromatic amines is 1. The number of methoxy groups -OCH3 is 1. The number of rotatable bonds is 5. The summed E-state index contributed by atoms with van der Waals surface area (Å²) in [6.07, 6.45) is 4.09. The summed E-state index contributed by atoms with van der Waals surface area (Å²) in [7, 11) is 1.41. The zero-order valence-electron chi connectivity index (χ0n) is 15.7. The van der Waals surface area contributed by atoms with Crippen LogP contribution >= 0.6 is 0 Å². The second-order valence-electron chi connectivity index (χ2n) is 7.58. The van der Waals surface area contributed by atoms with E-state index in [2.05, 4.69) is 18.8 Å². The number of amides is 2. The minimum absolute atomic E-state index is 0.000444. The quantitative estimate of drug-likeness (QED) is 0.861. The molecule has 26 heavy (non-hydrogen) atoms. The van der Waals surface area contributed by atoms with Gasteiger partial charge >= 0.3 is 0 Å². The van der Waals surface area contributed by atoms with Crippen molar-refractivity contribution in [3.05, 3.63) is 28.2 Å². The van der Waals surface area contributed by atoms with Crippen molar-refractivity contribution in [2.45, 2.75) is 39.2 Å². The molecular weight excluding hydrogens is 334 g/mol. The molecule has 2 heterocycles. The predicted molar refractivity (Wildman–Crippen MR) is 97.2 cm³/mol. The largest absolute Gasteiger partial charge is 0.491 e. The lowest BCUT2D eigenvalue weighted by Gasteiger charge is -2.34. The molecule has 1 N–H and O–H groups in total. The Hall–Kier alpha value is -2.31. The number of hydrogen-bond donors (Lipinski definition) is 1. The maximum absolute atomic E-state index is 12.9. The molecule has 3 rings (SSSR count). The van der Waals surface area contributed by atoms with Gasteiger partial charge in [-0.3, -0.25) is 14.4 Å². The maximum Gasteiger partial charge on any atom is 0.270 e. The third-order valence-corrected chi connectivity index (χ3v) is 5.26. The highest BCUT2D eigenvalue weighted by Gasteiger charge is 2.36. The Morgan fingerprint density at radius 1 is 1.35 bits per heavy atom. The predicted octanol–water partition coefficient (Wildman–Crippen LogP) is 1.49. The summed E-state index contributed by atoms with van der Waals surface area (Å²) < 4.78 is 4.94. The Labute approximate surface area is 153 Å². The van der Waals surface area contributed by atoms with Crippen LogP contribution in [0, 0.1) is 11.8 Å². The molecule has 2 fully saturated rings. The first kappa shape index (κ1) is 18.5. The highest BCUT2D eigenvalue weighted by Crippen LogP contribution is 2.32. The highest BCUT2D eigenvalue weighted by molar-refractivity contribution is 5.93. The summed E-state index contributed by atoms with van der Waals surface area (Å²) >= 11 is 0. The van der Waals surface area contributed by atoms with Gasteiger partial charge in [0.15, 0.2) is 5.75 Å². The molecule has 1 aromatic rings. The third kappa shape index (κ3) is 3.92.